The maximum atomic E-state index is 10.7. The highest BCUT2D eigenvalue weighted by Crippen LogP contribution is 2.33. The molecule has 13 heteroatoms. The number of hydrogen-bond donors (Lipinski definition) is 7. The van der Waals surface area contributed by atoms with E-state index in [1.54, 1.807) is 0 Å². The number of ether oxygens (including phenoxy) is 3. The Labute approximate surface area is 188 Å². The fourth-order valence-corrected chi connectivity index (χ4v) is 3.93. The lowest BCUT2D eigenvalue weighted by Gasteiger charge is -2.45. The molecule has 1 aromatic heterocycles. The molecule has 10 atom stereocenters. The predicted octanol–water partition coefficient (Wildman–Crippen LogP) is -3.26. The van der Waals surface area contributed by atoms with E-state index in [0.717, 1.165) is 5.56 Å². The quantitative estimate of drug-likeness (QED) is 0.223. The molecule has 0 unspecified atom stereocenters. The van der Waals surface area contributed by atoms with E-state index in [0.29, 0.717) is 5.69 Å². The number of hydrogen-bond acceptors (Lipinski definition) is 12. The first kappa shape index (κ1) is 24.1. The van der Waals surface area contributed by atoms with Crippen LogP contribution in [0.4, 0.5) is 0 Å². The standard InChI is InChI=1S/C20H27N3O10/c24-7-11-13(26)14(27)17(30)20(32-11)33-18-12(8-25)31-19(16(29)15(18)28)23-6-10(21-22-23)9-4-2-1-3-5-9/h1-6,11-20,24-30H,7-8H2/t11-,12-,13-,14+,15-,16-,17-,18-,19-,20+/m1/s1. The van der Waals surface area contributed by atoms with Crippen LogP contribution in [0.3, 0.4) is 0 Å². The van der Waals surface area contributed by atoms with Gasteiger partial charge in [0.1, 0.15) is 54.5 Å². The molecule has 2 aliphatic heterocycles. The summed E-state index contributed by atoms with van der Waals surface area (Å²) in [4.78, 5) is 0. The third kappa shape index (κ3) is 4.65. The highest BCUT2D eigenvalue weighted by molar-refractivity contribution is 5.57. The van der Waals surface area contributed by atoms with E-state index in [4.69, 9.17) is 14.2 Å². The van der Waals surface area contributed by atoms with E-state index < -0.39 is 74.6 Å². The monoisotopic (exact) mass is 469 g/mol. The van der Waals surface area contributed by atoms with Crippen LogP contribution in [0.15, 0.2) is 36.5 Å². The van der Waals surface area contributed by atoms with Crippen molar-refractivity contribution < 1.29 is 50.0 Å². The van der Waals surface area contributed by atoms with Crippen molar-refractivity contribution in [1.82, 2.24) is 15.0 Å². The van der Waals surface area contributed by atoms with E-state index in [-0.39, 0.29) is 0 Å². The van der Waals surface area contributed by atoms with Crippen molar-refractivity contribution in [1.29, 1.82) is 0 Å². The summed E-state index contributed by atoms with van der Waals surface area (Å²) in [6.45, 7) is -1.30. The van der Waals surface area contributed by atoms with Gasteiger partial charge < -0.3 is 50.0 Å². The van der Waals surface area contributed by atoms with Crippen LogP contribution in [-0.2, 0) is 14.2 Å². The molecule has 0 saturated carbocycles. The maximum Gasteiger partial charge on any atom is 0.187 e. The molecule has 182 valence electrons. The number of aromatic nitrogens is 3. The number of aliphatic hydroxyl groups is 7. The van der Waals surface area contributed by atoms with Crippen LogP contribution in [0.2, 0.25) is 0 Å². The van der Waals surface area contributed by atoms with Crippen LogP contribution < -0.4 is 0 Å². The zero-order valence-electron chi connectivity index (χ0n) is 17.3. The van der Waals surface area contributed by atoms with Gasteiger partial charge in [0.2, 0.25) is 0 Å². The lowest BCUT2D eigenvalue weighted by Crippen LogP contribution is -2.63. The van der Waals surface area contributed by atoms with Gasteiger partial charge in [0, 0.05) is 5.56 Å². The molecule has 2 aromatic rings. The fourth-order valence-electron chi connectivity index (χ4n) is 3.93. The molecule has 0 radical (unpaired) electrons. The zero-order chi connectivity index (χ0) is 23.7. The fraction of sp³-hybridized carbons (Fsp3) is 0.600. The number of aliphatic hydroxyl groups excluding tert-OH is 7. The van der Waals surface area contributed by atoms with E-state index >= 15 is 0 Å². The van der Waals surface area contributed by atoms with Crippen molar-refractivity contribution >= 4 is 0 Å². The summed E-state index contributed by atoms with van der Waals surface area (Å²) >= 11 is 0. The minimum absolute atomic E-state index is 0.501. The molecule has 0 amide bonds. The first-order valence-electron chi connectivity index (χ1n) is 10.4. The number of rotatable bonds is 6. The second-order valence-electron chi connectivity index (χ2n) is 7.98. The largest absolute Gasteiger partial charge is 0.394 e. The van der Waals surface area contributed by atoms with E-state index in [1.807, 2.05) is 30.3 Å². The lowest BCUT2D eigenvalue weighted by molar-refractivity contribution is -0.347. The Bertz CT molecular complexity index is 897. The van der Waals surface area contributed by atoms with E-state index in [2.05, 4.69) is 10.3 Å². The zero-order valence-corrected chi connectivity index (χ0v) is 17.3. The molecular formula is C20H27N3O10. The first-order chi connectivity index (χ1) is 15.8. The van der Waals surface area contributed by atoms with Crippen LogP contribution in [0, 0.1) is 0 Å². The predicted molar refractivity (Wildman–Crippen MR) is 107 cm³/mol. The average molecular weight is 469 g/mol. The van der Waals surface area contributed by atoms with Crippen molar-refractivity contribution in [3.05, 3.63) is 36.5 Å². The molecule has 33 heavy (non-hydrogen) atoms. The van der Waals surface area contributed by atoms with Gasteiger partial charge in [0.15, 0.2) is 12.5 Å². The number of benzene rings is 1. The summed E-state index contributed by atoms with van der Waals surface area (Å²) in [6, 6.07) is 9.14. The highest BCUT2D eigenvalue weighted by Gasteiger charge is 2.51. The Morgan fingerprint density at radius 1 is 0.818 bits per heavy atom. The van der Waals surface area contributed by atoms with Crippen molar-refractivity contribution in [2.45, 2.75) is 61.3 Å². The Hall–Kier alpha value is -2.04. The minimum atomic E-state index is -1.73. The summed E-state index contributed by atoms with van der Waals surface area (Å²) in [5.41, 5.74) is 1.28. The molecule has 3 heterocycles. The summed E-state index contributed by atoms with van der Waals surface area (Å²) in [6.07, 6.45) is -13.3. The Balaban J connectivity index is 1.50. The van der Waals surface area contributed by atoms with Crippen LogP contribution in [0.25, 0.3) is 11.3 Å². The minimum Gasteiger partial charge on any atom is -0.394 e. The third-order valence-corrected chi connectivity index (χ3v) is 5.82. The molecule has 0 spiro atoms. The smallest absolute Gasteiger partial charge is 0.187 e. The molecule has 0 aliphatic carbocycles. The van der Waals surface area contributed by atoms with Gasteiger partial charge in [-0.3, -0.25) is 0 Å². The van der Waals surface area contributed by atoms with Crippen LogP contribution >= 0.6 is 0 Å². The molecule has 2 fully saturated rings. The molecule has 13 nitrogen and oxygen atoms in total. The Kier molecular flexibility index (Phi) is 7.35. The molecule has 1 aromatic carbocycles. The van der Waals surface area contributed by atoms with Crippen LogP contribution in [0.5, 0.6) is 0 Å². The summed E-state index contributed by atoms with van der Waals surface area (Å²) in [5.74, 6) is 0. The van der Waals surface area contributed by atoms with Gasteiger partial charge in [0.05, 0.1) is 19.4 Å². The second kappa shape index (κ2) is 10.1. The van der Waals surface area contributed by atoms with Crippen molar-refractivity contribution in [3.8, 4) is 11.3 Å². The third-order valence-electron chi connectivity index (χ3n) is 5.82. The van der Waals surface area contributed by atoms with Gasteiger partial charge in [0.25, 0.3) is 0 Å². The van der Waals surface area contributed by atoms with Gasteiger partial charge in [-0.1, -0.05) is 35.5 Å². The summed E-state index contributed by atoms with van der Waals surface area (Å²) in [5, 5.41) is 78.6. The second-order valence-corrected chi connectivity index (χ2v) is 7.98. The molecule has 4 rings (SSSR count). The van der Waals surface area contributed by atoms with Gasteiger partial charge in [-0.25, -0.2) is 4.68 Å². The maximum absolute atomic E-state index is 10.7. The van der Waals surface area contributed by atoms with Crippen molar-refractivity contribution in [2.75, 3.05) is 13.2 Å². The SMILES string of the molecule is OC[C@H]1O[C@@H](O[C@H]2[C@H](O)[C@@H](O)[C@H](n3cc(-c4ccccc4)nn3)O[C@@H]2CO)[C@H](O)[C@@H](O)[C@@H]1O. The molecular weight excluding hydrogens is 442 g/mol. The summed E-state index contributed by atoms with van der Waals surface area (Å²) in [7, 11) is 0. The topological polar surface area (TPSA) is 200 Å². The number of nitrogens with zero attached hydrogens (tertiary/aromatic N) is 3. The normalized spacial score (nSPS) is 39.5. The van der Waals surface area contributed by atoms with Crippen molar-refractivity contribution in [3.63, 3.8) is 0 Å². The molecule has 0 bridgehead atoms. The lowest BCUT2D eigenvalue weighted by atomic mass is 9.96. The molecule has 2 saturated heterocycles. The molecule has 7 N–H and O–H groups in total. The van der Waals surface area contributed by atoms with Crippen LogP contribution in [0.1, 0.15) is 6.23 Å². The summed E-state index contributed by atoms with van der Waals surface area (Å²) < 4.78 is 17.8. The van der Waals surface area contributed by atoms with E-state index in [1.165, 1.54) is 10.9 Å². The van der Waals surface area contributed by atoms with E-state index in [9.17, 15) is 35.7 Å². The van der Waals surface area contributed by atoms with Gasteiger partial charge in [-0.05, 0) is 0 Å². The Morgan fingerprint density at radius 3 is 2.18 bits per heavy atom. The highest BCUT2D eigenvalue weighted by atomic mass is 16.7. The van der Waals surface area contributed by atoms with Gasteiger partial charge in [-0.2, -0.15) is 0 Å². The molecule has 2 aliphatic rings. The first-order valence-corrected chi connectivity index (χ1v) is 10.4. The van der Waals surface area contributed by atoms with Crippen LogP contribution in [-0.4, -0.2) is 119 Å². The van der Waals surface area contributed by atoms with Gasteiger partial charge in [-0.15, -0.1) is 5.10 Å². The van der Waals surface area contributed by atoms with Crippen molar-refractivity contribution in [2.24, 2.45) is 0 Å². The van der Waals surface area contributed by atoms with Gasteiger partial charge >= 0.3 is 0 Å². The average Bonchev–Trinajstić information content (AvgIpc) is 3.33. The Morgan fingerprint density at radius 2 is 1.52 bits per heavy atom.